The largest absolute Gasteiger partial charge is 0.459 e. The van der Waals surface area contributed by atoms with Crippen LogP contribution in [0.25, 0.3) is 0 Å². The second-order valence-electron chi connectivity index (χ2n) is 3.98. The van der Waals surface area contributed by atoms with Crippen LogP contribution in [0.2, 0.25) is 0 Å². The molecule has 0 N–H and O–H groups in total. The predicted octanol–water partition coefficient (Wildman–Crippen LogP) is 4.32. The molecule has 0 spiro atoms. The first kappa shape index (κ1) is 13.7. The zero-order valence-corrected chi connectivity index (χ0v) is 11.6. The molecular formula is C15H12BrFO2. The Kier molecular flexibility index (Phi) is 4.68. The van der Waals surface area contributed by atoms with Crippen LogP contribution in [-0.4, -0.2) is 12.6 Å². The van der Waals surface area contributed by atoms with Gasteiger partial charge >= 0.3 is 5.97 Å². The lowest BCUT2D eigenvalue weighted by atomic mass is 10.1. The van der Waals surface area contributed by atoms with Crippen molar-refractivity contribution in [3.05, 3.63) is 70.2 Å². The zero-order valence-electron chi connectivity index (χ0n) is 10.1. The summed E-state index contributed by atoms with van der Waals surface area (Å²) in [4.78, 5) is 11.6. The first-order valence-corrected chi connectivity index (χ1v) is 6.58. The number of carbonyl (C=O) groups excluding carboxylic acids is 1. The maximum absolute atomic E-state index is 13.9. The summed E-state index contributed by atoms with van der Waals surface area (Å²) in [5.41, 5.74) is 0.912. The molecule has 2 aromatic rings. The highest BCUT2D eigenvalue weighted by atomic mass is 79.9. The van der Waals surface area contributed by atoms with Gasteiger partial charge in [0.1, 0.15) is 6.61 Å². The highest BCUT2D eigenvalue weighted by Crippen LogP contribution is 2.20. The number of carbonyl (C=O) groups is 1. The molecule has 0 radical (unpaired) electrons. The molecule has 0 amide bonds. The van der Waals surface area contributed by atoms with Crippen molar-refractivity contribution < 1.29 is 13.9 Å². The Bertz CT molecular complexity index is 540. The molecule has 0 bridgehead atoms. The van der Waals surface area contributed by atoms with E-state index < -0.39 is 12.1 Å². The predicted molar refractivity (Wildman–Crippen MR) is 74.7 cm³/mol. The quantitative estimate of drug-likeness (QED) is 0.784. The normalized spacial score (nSPS) is 11.9. The number of hydrogen-bond acceptors (Lipinski definition) is 2. The molecule has 0 aliphatic rings. The van der Waals surface area contributed by atoms with E-state index in [9.17, 15) is 9.18 Å². The summed E-state index contributed by atoms with van der Waals surface area (Å²) in [7, 11) is 0. The highest BCUT2D eigenvalue weighted by Gasteiger charge is 2.13. The lowest BCUT2D eigenvalue weighted by molar-refractivity contribution is 0.0398. The molecule has 2 rings (SSSR count). The Morgan fingerprint density at radius 1 is 1.11 bits per heavy atom. The van der Waals surface area contributed by atoms with E-state index in [1.54, 1.807) is 54.6 Å². The zero-order chi connectivity index (χ0) is 13.7. The monoisotopic (exact) mass is 322 g/mol. The van der Waals surface area contributed by atoms with Gasteiger partial charge in [-0.15, -0.1) is 0 Å². The molecule has 0 heterocycles. The lowest BCUT2D eigenvalue weighted by Crippen LogP contribution is -2.10. The topological polar surface area (TPSA) is 26.3 Å². The summed E-state index contributed by atoms with van der Waals surface area (Å²) in [6.07, 6.45) is -1.32. The van der Waals surface area contributed by atoms with Crippen LogP contribution in [0.4, 0.5) is 4.39 Å². The van der Waals surface area contributed by atoms with Crippen LogP contribution in [0.5, 0.6) is 0 Å². The second kappa shape index (κ2) is 6.48. The molecular weight excluding hydrogens is 311 g/mol. The molecule has 19 heavy (non-hydrogen) atoms. The first-order chi connectivity index (χ1) is 9.16. The number of ether oxygens (including phenoxy) is 1. The standard InChI is InChI=1S/C15H12BrFO2/c16-13-8-6-11(7-9-13)14(17)10-19-15(18)12-4-2-1-3-5-12/h1-9,14H,10H2. The Morgan fingerprint density at radius 2 is 1.74 bits per heavy atom. The molecule has 2 nitrogen and oxygen atoms in total. The van der Waals surface area contributed by atoms with Crippen molar-refractivity contribution >= 4 is 21.9 Å². The number of halogens is 2. The molecule has 2 aromatic carbocycles. The second-order valence-corrected chi connectivity index (χ2v) is 4.90. The lowest BCUT2D eigenvalue weighted by Gasteiger charge is -2.09. The van der Waals surface area contributed by atoms with Gasteiger partial charge in [0.25, 0.3) is 0 Å². The van der Waals surface area contributed by atoms with Crippen LogP contribution in [0, 0.1) is 0 Å². The van der Waals surface area contributed by atoms with Gasteiger partial charge in [-0.25, -0.2) is 9.18 Å². The Morgan fingerprint density at radius 3 is 2.37 bits per heavy atom. The van der Waals surface area contributed by atoms with Crippen LogP contribution in [0.15, 0.2) is 59.1 Å². The Labute approximate surface area is 119 Å². The van der Waals surface area contributed by atoms with Gasteiger partial charge in [-0.1, -0.05) is 46.3 Å². The van der Waals surface area contributed by atoms with Gasteiger partial charge < -0.3 is 4.74 Å². The maximum atomic E-state index is 13.9. The van der Waals surface area contributed by atoms with E-state index in [0.717, 1.165) is 4.47 Å². The van der Waals surface area contributed by atoms with Crippen molar-refractivity contribution in [2.24, 2.45) is 0 Å². The number of benzene rings is 2. The molecule has 4 heteroatoms. The van der Waals surface area contributed by atoms with Crippen molar-refractivity contribution in [2.75, 3.05) is 6.61 Å². The summed E-state index contributed by atoms with van der Waals surface area (Å²) in [5, 5.41) is 0. The van der Waals surface area contributed by atoms with Crippen LogP contribution < -0.4 is 0 Å². The van der Waals surface area contributed by atoms with E-state index in [1.807, 2.05) is 0 Å². The fourth-order valence-electron chi connectivity index (χ4n) is 1.57. The summed E-state index contributed by atoms with van der Waals surface area (Å²) in [5.74, 6) is -0.514. The van der Waals surface area contributed by atoms with Crippen LogP contribution in [0.1, 0.15) is 22.1 Å². The van der Waals surface area contributed by atoms with Crippen molar-refractivity contribution in [1.29, 1.82) is 0 Å². The molecule has 0 fully saturated rings. The van der Waals surface area contributed by atoms with Crippen LogP contribution in [0.3, 0.4) is 0 Å². The summed E-state index contributed by atoms with van der Waals surface area (Å²) in [6.45, 7) is -0.282. The molecule has 0 saturated carbocycles. The van der Waals surface area contributed by atoms with E-state index in [0.29, 0.717) is 11.1 Å². The third-order valence-corrected chi connectivity index (χ3v) is 3.13. The van der Waals surface area contributed by atoms with E-state index in [-0.39, 0.29) is 6.61 Å². The molecule has 1 unspecified atom stereocenters. The molecule has 98 valence electrons. The number of alkyl halides is 1. The highest BCUT2D eigenvalue weighted by molar-refractivity contribution is 9.10. The van der Waals surface area contributed by atoms with Gasteiger partial charge in [0.15, 0.2) is 6.17 Å². The molecule has 0 aliphatic heterocycles. The van der Waals surface area contributed by atoms with Gasteiger partial charge in [-0.2, -0.15) is 0 Å². The van der Waals surface area contributed by atoms with Gasteiger partial charge in [0.2, 0.25) is 0 Å². The molecule has 0 aromatic heterocycles. The van der Waals surface area contributed by atoms with Crippen LogP contribution in [-0.2, 0) is 4.74 Å². The SMILES string of the molecule is O=C(OCC(F)c1ccc(Br)cc1)c1ccccc1. The number of rotatable bonds is 4. The minimum absolute atomic E-state index is 0.282. The van der Waals surface area contributed by atoms with Gasteiger partial charge in [0, 0.05) is 4.47 Å². The first-order valence-electron chi connectivity index (χ1n) is 5.78. The number of hydrogen-bond donors (Lipinski definition) is 0. The molecule has 0 aliphatic carbocycles. The average molecular weight is 323 g/mol. The van der Waals surface area contributed by atoms with Crippen molar-refractivity contribution in [3.63, 3.8) is 0 Å². The summed E-state index contributed by atoms with van der Waals surface area (Å²) in [6, 6.07) is 15.4. The fourth-order valence-corrected chi connectivity index (χ4v) is 1.84. The average Bonchev–Trinajstić information content (AvgIpc) is 2.46. The fraction of sp³-hybridized carbons (Fsp3) is 0.133. The third-order valence-electron chi connectivity index (χ3n) is 2.60. The van der Waals surface area contributed by atoms with E-state index in [4.69, 9.17) is 4.74 Å². The van der Waals surface area contributed by atoms with Crippen molar-refractivity contribution in [2.45, 2.75) is 6.17 Å². The van der Waals surface area contributed by atoms with E-state index in [1.165, 1.54) is 0 Å². The molecule has 1 atom stereocenters. The Hall–Kier alpha value is -1.68. The Balaban J connectivity index is 1.92. The molecule has 0 saturated heterocycles. The van der Waals surface area contributed by atoms with Crippen LogP contribution >= 0.6 is 15.9 Å². The van der Waals surface area contributed by atoms with Gasteiger partial charge in [0.05, 0.1) is 5.56 Å². The summed E-state index contributed by atoms with van der Waals surface area (Å²) >= 11 is 3.28. The minimum Gasteiger partial charge on any atom is -0.459 e. The van der Waals surface area contributed by atoms with E-state index >= 15 is 0 Å². The van der Waals surface area contributed by atoms with Crippen molar-refractivity contribution in [1.82, 2.24) is 0 Å². The minimum atomic E-state index is -1.32. The smallest absolute Gasteiger partial charge is 0.338 e. The van der Waals surface area contributed by atoms with Gasteiger partial charge in [-0.05, 0) is 29.8 Å². The van der Waals surface area contributed by atoms with Gasteiger partial charge in [-0.3, -0.25) is 0 Å². The third kappa shape index (κ3) is 3.89. The maximum Gasteiger partial charge on any atom is 0.338 e. The van der Waals surface area contributed by atoms with Crippen molar-refractivity contribution in [3.8, 4) is 0 Å². The van der Waals surface area contributed by atoms with E-state index in [2.05, 4.69) is 15.9 Å². The number of esters is 1. The summed E-state index contributed by atoms with van der Waals surface area (Å²) < 4.78 is 19.7.